The molecule has 0 aliphatic heterocycles. The van der Waals surface area contributed by atoms with Gasteiger partial charge >= 0.3 is 86.7 Å². The molecular formula is C9H13NaSi. The topological polar surface area (TPSA) is 0 Å². The molecule has 0 N–H and O–H groups in total. The van der Waals surface area contributed by atoms with Gasteiger partial charge < -0.3 is 0 Å². The number of hydrogen-bond acceptors (Lipinski definition) is 0. The van der Waals surface area contributed by atoms with Gasteiger partial charge in [0.1, 0.15) is 0 Å². The van der Waals surface area contributed by atoms with Crippen LogP contribution in [0, 0.1) is 0 Å². The van der Waals surface area contributed by atoms with Crippen LogP contribution in [0.2, 0.25) is 13.1 Å². The van der Waals surface area contributed by atoms with Crippen LogP contribution >= 0.6 is 0 Å². The molecule has 0 nitrogen and oxygen atoms in total. The Morgan fingerprint density at radius 3 is 2.18 bits per heavy atom. The third kappa shape index (κ3) is 4.11. The van der Waals surface area contributed by atoms with E-state index in [9.17, 15) is 0 Å². The van der Waals surface area contributed by atoms with Crippen molar-refractivity contribution in [3.05, 3.63) is 35.9 Å². The fourth-order valence-corrected chi connectivity index (χ4v) is 3.89. The molecule has 1 aromatic carbocycles. The zero-order valence-corrected chi connectivity index (χ0v) is 10.6. The first kappa shape index (κ1) is 9.52. The molecule has 0 unspecified atom stereocenters. The van der Waals surface area contributed by atoms with Gasteiger partial charge in [-0.15, -0.1) is 0 Å². The van der Waals surface area contributed by atoms with E-state index in [0.717, 1.165) is 0 Å². The van der Waals surface area contributed by atoms with Crippen LogP contribution in [0.1, 0.15) is 5.56 Å². The van der Waals surface area contributed by atoms with Gasteiger partial charge in [-0.3, -0.25) is 0 Å². The molecule has 0 heterocycles. The second-order valence-corrected chi connectivity index (χ2v) is 17.8. The van der Waals surface area contributed by atoms with E-state index in [1.807, 2.05) is 0 Å². The van der Waals surface area contributed by atoms with Gasteiger partial charge in [-0.05, 0) is 0 Å². The Hall–Kier alpha value is 0.437. The van der Waals surface area contributed by atoms with Crippen LogP contribution in [0.5, 0.6) is 0 Å². The minimum atomic E-state index is -0.759. The van der Waals surface area contributed by atoms with Gasteiger partial charge in [-0.25, -0.2) is 0 Å². The van der Waals surface area contributed by atoms with Gasteiger partial charge in [0.25, 0.3) is 0 Å². The molecule has 0 saturated heterocycles. The summed E-state index contributed by atoms with van der Waals surface area (Å²) < 4.78 is -0.759. The minimum absolute atomic E-state index is 0.759. The van der Waals surface area contributed by atoms with E-state index in [2.05, 4.69) is 43.4 Å². The summed E-state index contributed by atoms with van der Waals surface area (Å²) in [5, 5.41) is 0. The number of benzene rings is 1. The van der Waals surface area contributed by atoms with Crippen LogP contribution < -0.4 is 0 Å². The molecule has 0 aliphatic carbocycles. The average Bonchev–Trinajstić information content (AvgIpc) is 1.85. The molecule has 1 aromatic rings. The molecule has 0 aliphatic rings. The van der Waals surface area contributed by atoms with Crippen LogP contribution in [0.25, 0.3) is 0 Å². The molecule has 1 rings (SSSR count). The van der Waals surface area contributed by atoms with Crippen molar-refractivity contribution in [3.8, 4) is 0 Å². The Morgan fingerprint density at radius 2 is 1.73 bits per heavy atom. The first-order valence-electron chi connectivity index (χ1n) is 4.12. The molecule has 0 aromatic heterocycles. The summed E-state index contributed by atoms with van der Waals surface area (Å²) >= 11 is 1.40. The van der Waals surface area contributed by atoms with Crippen molar-refractivity contribution in [1.82, 2.24) is 0 Å². The summed E-state index contributed by atoms with van der Waals surface area (Å²) in [7, 11) is 0. The average molecular weight is 172 g/mol. The van der Waals surface area contributed by atoms with Gasteiger partial charge in [0.2, 0.25) is 0 Å². The van der Waals surface area contributed by atoms with E-state index in [4.69, 9.17) is 0 Å². The standard InChI is InChI=1S/C9H13Si.Na/c1-10(2)8-9-6-4-3-5-7-9;/h3-7H,8H2,1-2H3;. The second-order valence-electron chi connectivity index (χ2n) is 4.22. The third-order valence-electron chi connectivity index (χ3n) is 1.58. The van der Waals surface area contributed by atoms with Crippen LogP contribution in [-0.4, -0.2) is 31.7 Å². The molecule has 2 heteroatoms. The van der Waals surface area contributed by atoms with E-state index in [0.29, 0.717) is 0 Å². The van der Waals surface area contributed by atoms with Crippen LogP contribution in [-0.2, 0) is 6.04 Å². The van der Waals surface area contributed by atoms with E-state index in [1.54, 1.807) is 0 Å². The SMILES string of the molecule is C[Si](C)([Na])Cc1ccccc1. The summed E-state index contributed by atoms with van der Waals surface area (Å²) in [4.78, 5) is 0. The number of rotatable bonds is 2. The summed E-state index contributed by atoms with van der Waals surface area (Å²) in [5.41, 5.74) is 1.53. The zero-order chi connectivity index (χ0) is 8.32. The Labute approximate surface area is 86.2 Å². The molecule has 0 saturated carbocycles. The molecule has 0 amide bonds. The maximum absolute atomic E-state index is 2.46. The van der Waals surface area contributed by atoms with Crippen molar-refractivity contribution >= 4 is 31.7 Å². The second kappa shape index (κ2) is 3.90. The first-order valence-corrected chi connectivity index (χ1v) is 10.8. The zero-order valence-electron chi connectivity index (χ0n) is 7.59. The normalized spacial score (nSPS) is 11.6. The van der Waals surface area contributed by atoms with Crippen LogP contribution in [0.3, 0.4) is 0 Å². The summed E-state index contributed by atoms with van der Waals surface area (Å²) in [5.74, 6) is 0. The van der Waals surface area contributed by atoms with Crippen molar-refractivity contribution in [3.63, 3.8) is 0 Å². The Bertz CT molecular complexity index is 213. The Morgan fingerprint density at radius 1 is 1.18 bits per heavy atom. The summed E-state index contributed by atoms with van der Waals surface area (Å²) in [6.07, 6.45) is 0. The van der Waals surface area contributed by atoms with Crippen molar-refractivity contribution in [2.75, 3.05) is 0 Å². The molecule has 0 radical (unpaired) electrons. The van der Waals surface area contributed by atoms with Gasteiger partial charge in [-0.2, -0.15) is 0 Å². The van der Waals surface area contributed by atoms with Crippen LogP contribution in [0.15, 0.2) is 30.3 Å². The molecule has 0 atom stereocenters. The van der Waals surface area contributed by atoms with Gasteiger partial charge in [0.15, 0.2) is 0 Å². The van der Waals surface area contributed by atoms with Crippen molar-refractivity contribution in [1.29, 1.82) is 0 Å². The molecule has 0 fully saturated rings. The molecule has 11 heavy (non-hydrogen) atoms. The monoisotopic (exact) mass is 172 g/mol. The van der Waals surface area contributed by atoms with Crippen molar-refractivity contribution in [2.45, 2.75) is 19.1 Å². The van der Waals surface area contributed by atoms with E-state index < -0.39 is 4.63 Å². The first-order chi connectivity index (χ1) is 5.08. The Kier molecular flexibility index (Phi) is 3.38. The van der Waals surface area contributed by atoms with Gasteiger partial charge in [0.05, 0.1) is 0 Å². The van der Waals surface area contributed by atoms with Crippen molar-refractivity contribution in [2.24, 2.45) is 0 Å². The Balaban J connectivity index is 2.66. The van der Waals surface area contributed by atoms with Crippen molar-refractivity contribution < 1.29 is 0 Å². The molecule has 0 spiro atoms. The number of hydrogen-bond donors (Lipinski definition) is 0. The third-order valence-corrected chi connectivity index (χ3v) is 4.11. The van der Waals surface area contributed by atoms with Gasteiger partial charge in [0, 0.05) is 0 Å². The predicted molar refractivity (Wildman–Crippen MR) is 53.4 cm³/mol. The fourth-order valence-electron chi connectivity index (χ4n) is 1.21. The van der Waals surface area contributed by atoms with Gasteiger partial charge in [-0.1, -0.05) is 0 Å². The summed E-state index contributed by atoms with van der Waals surface area (Å²) in [6.45, 7) is 4.93. The molecular weight excluding hydrogens is 159 g/mol. The fraction of sp³-hybridized carbons (Fsp3) is 0.333. The predicted octanol–water partition coefficient (Wildman–Crippen LogP) is 2.14. The summed E-state index contributed by atoms with van der Waals surface area (Å²) in [6, 6.07) is 12.2. The van der Waals surface area contributed by atoms with E-state index >= 15 is 0 Å². The van der Waals surface area contributed by atoms with Crippen LogP contribution in [0.4, 0.5) is 0 Å². The molecule has 0 bridgehead atoms. The quantitative estimate of drug-likeness (QED) is 0.600. The van der Waals surface area contributed by atoms with E-state index in [-0.39, 0.29) is 0 Å². The van der Waals surface area contributed by atoms with E-state index in [1.165, 1.54) is 38.6 Å². The molecule has 54 valence electrons. The maximum atomic E-state index is 2.46.